The summed E-state index contributed by atoms with van der Waals surface area (Å²) in [6.45, 7) is 0. The number of ether oxygens (including phenoxy) is 1. The second-order valence-corrected chi connectivity index (χ2v) is 5.55. The summed E-state index contributed by atoms with van der Waals surface area (Å²) in [4.78, 5) is 21.8. The number of esters is 1. The molecule has 26 heavy (non-hydrogen) atoms. The van der Waals surface area contributed by atoms with Gasteiger partial charge in [-0.3, -0.25) is 4.79 Å². The maximum atomic E-state index is 12.0. The van der Waals surface area contributed by atoms with Crippen molar-refractivity contribution in [2.24, 2.45) is 5.73 Å². The van der Waals surface area contributed by atoms with E-state index in [9.17, 15) is 27.9 Å². The number of carboxylic acids is 1. The van der Waals surface area contributed by atoms with E-state index >= 15 is 0 Å². The molecule has 0 aliphatic heterocycles. The number of aliphatic hydroxyl groups is 1. The van der Waals surface area contributed by atoms with Crippen LogP contribution in [0.25, 0.3) is 0 Å². The number of carbonyl (C=O) groups is 2. The van der Waals surface area contributed by atoms with Crippen molar-refractivity contribution in [1.29, 1.82) is 0 Å². The molecule has 4 N–H and O–H groups in total. The monoisotopic (exact) mass is 375 g/mol. The number of hydrogen-bond acceptors (Lipinski definition) is 5. The van der Waals surface area contributed by atoms with E-state index < -0.39 is 30.4 Å². The molecule has 0 fully saturated rings. The van der Waals surface area contributed by atoms with Gasteiger partial charge in [-0.25, -0.2) is 4.79 Å². The fraction of sp³-hybridized carbons (Fsp3) is 0.412. The summed E-state index contributed by atoms with van der Waals surface area (Å²) in [6, 6.07) is 4.28. The molecule has 9 heteroatoms. The highest BCUT2D eigenvalue weighted by atomic mass is 19.4. The summed E-state index contributed by atoms with van der Waals surface area (Å²) in [5, 5.41) is 18.2. The fourth-order valence-electron chi connectivity index (χ4n) is 2.07. The summed E-state index contributed by atoms with van der Waals surface area (Å²) >= 11 is 0. The Morgan fingerprint density at radius 1 is 1.15 bits per heavy atom. The highest BCUT2D eigenvalue weighted by Gasteiger charge is 2.34. The molecule has 0 aliphatic carbocycles. The zero-order valence-corrected chi connectivity index (χ0v) is 13.8. The summed E-state index contributed by atoms with van der Waals surface area (Å²) in [5.41, 5.74) is 5.91. The van der Waals surface area contributed by atoms with Gasteiger partial charge >= 0.3 is 18.3 Å². The van der Waals surface area contributed by atoms with Gasteiger partial charge in [0.2, 0.25) is 0 Å². The Morgan fingerprint density at radius 3 is 2.27 bits per heavy atom. The molecule has 144 valence electrons. The highest BCUT2D eigenvalue weighted by Crippen LogP contribution is 2.19. The maximum Gasteiger partial charge on any atom is 0.575 e. The quantitative estimate of drug-likeness (QED) is 0.452. The number of halogens is 3. The van der Waals surface area contributed by atoms with Crippen LogP contribution < -0.4 is 5.73 Å². The van der Waals surface area contributed by atoms with Crippen molar-refractivity contribution in [2.75, 3.05) is 0 Å². The molecule has 1 rings (SSSR count). The molecule has 0 aromatic heterocycles. The Hall–Kier alpha value is -2.39. The first-order valence-electron chi connectivity index (χ1n) is 7.80. The zero-order chi connectivity index (χ0) is 19.7. The van der Waals surface area contributed by atoms with Gasteiger partial charge in [-0.1, -0.05) is 24.3 Å². The van der Waals surface area contributed by atoms with Crippen molar-refractivity contribution in [3.05, 3.63) is 47.5 Å². The lowest BCUT2D eigenvalue weighted by molar-refractivity contribution is -0.291. The van der Waals surface area contributed by atoms with Gasteiger partial charge in [0.25, 0.3) is 0 Å². The van der Waals surface area contributed by atoms with E-state index in [1.165, 1.54) is 24.3 Å². The number of benzene rings is 1. The van der Waals surface area contributed by atoms with Crippen molar-refractivity contribution >= 4 is 11.9 Å². The van der Waals surface area contributed by atoms with Crippen LogP contribution in [0.2, 0.25) is 0 Å². The van der Waals surface area contributed by atoms with E-state index in [1.807, 2.05) is 6.08 Å². The van der Waals surface area contributed by atoms with E-state index in [-0.39, 0.29) is 12.0 Å². The molecule has 0 amide bonds. The Kier molecular flexibility index (Phi) is 8.27. The molecule has 0 radical (unpaired) electrons. The number of alkyl halides is 3. The summed E-state index contributed by atoms with van der Waals surface area (Å²) in [6.07, 6.45) is -0.596. The van der Waals surface area contributed by atoms with Crippen molar-refractivity contribution in [3.63, 3.8) is 0 Å². The van der Waals surface area contributed by atoms with E-state index in [0.717, 1.165) is 5.56 Å². The topological polar surface area (TPSA) is 110 Å². The van der Waals surface area contributed by atoms with Crippen LogP contribution in [0, 0.1) is 0 Å². The van der Waals surface area contributed by atoms with Crippen molar-refractivity contribution in [3.8, 4) is 0 Å². The van der Waals surface area contributed by atoms with E-state index in [2.05, 4.69) is 4.74 Å². The first-order valence-corrected chi connectivity index (χ1v) is 7.80. The predicted octanol–water partition coefficient (Wildman–Crippen LogP) is 2.41. The molecule has 1 aromatic carbocycles. The third kappa shape index (κ3) is 8.13. The molecule has 2 atom stereocenters. The zero-order valence-electron chi connectivity index (χ0n) is 13.8. The average Bonchev–Trinajstić information content (AvgIpc) is 2.55. The van der Waals surface area contributed by atoms with E-state index in [1.54, 1.807) is 6.08 Å². The molecular formula is C17H20F3NO5. The number of aryl methyl sites for hydroxylation is 1. The van der Waals surface area contributed by atoms with Crippen molar-refractivity contribution in [1.82, 2.24) is 0 Å². The number of allylic oxidation sites excluding steroid dienone is 2. The highest BCUT2D eigenvalue weighted by molar-refractivity contribution is 5.89. The summed E-state index contributed by atoms with van der Waals surface area (Å²) in [7, 11) is 0. The van der Waals surface area contributed by atoms with Crippen LogP contribution in [-0.4, -0.2) is 40.7 Å². The number of carboxylic acid groups (broad SMARTS) is 1. The van der Waals surface area contributed by atoms with Crippen LogP contribution in [0.1, 0.15) is 35.2 Å². The predicted molar refractivity (Wildman–Crippen MR) is 86.2 cm³/mol. The van der Waals surface area contributed by atoms with Crippen LogP contribution >= 0.6 is 0 Å². The molecule has 0 heterocycles. The summed E-state index contributed by atoms with van der Waals surface area (Å²) < 4.78 is 39.2. The van der Waals surface area contributed by atoms with Crippen LogP contribution in [-0.2, 0) is 16.0 Å². The number of hydrogen-bond donors (Lipinski definition) is 3. The minimum Gasteiger partial charge on any atom is -0.480 e. The van der Waals surface area contributed by atoms with E-state index in [0.29, 0.717) is 19.3 Å². The molecule has 0 saturated carbocycles. The van der Waals surface area contributed by atoms with Crippen molar-refractivity contribution in [2.45, 2.75) is 44.2 Å². The number of nitrogens with two attached hydrogens (primary N) is 1. The first-order chi connectivity index (χ1) is 12.1. The van der Waals surface area contributed by atoms with Gasteiger partial charge in [-0.2, -0.15) is 0 Å². The minimum atomic E-state index is -5.01. The van der Waals surface area contributed by atoms with Gasteiger partial charge in [0.1, 0.15) is 6.04 Å². The van der Waals surface area contributed by atoms with Gasteiger partial charge in [0, 0.05) is 0 Å². The number of aliphatic hydroxyl groups excluding tert-OH is 1. The third-order valence-corrected chi connectivity index (χ3v) is 3.49. The smallest absolute Gasteiger partial charge is 0.480 e. The van der Waals surface area contributed by atoms with E-state index in [4.69, 9.17) is 10.8 Å². The van der Waals surface area contributed by atoms with Gasteiger partial charge < -0.3 is 20.7 Å². The number of carbonyl (C=O) groups excluding carboxylic acids is 1. The Labute approximate surface area is 148 Å². The third-order valence-electron chi connectivity index (χ3n) is 3.49. The van der Waals surface area contributed by atoms with Crippen molar-refractivity contribution < 1.29 is 37.7 Å². The lowest BCUT2D eigenvalue weighted by atomic mass is 10.1. The molecule has 2 unspecified atom stereocenters. The Morgan fingerprint density at radius 2 is 1.73 bits per heavy atom. The standard InChI is InChI=1S/C17H20F3NO5/c18-17(19,20)26-16(25)12-9-7-11(8-10-12)5-3-1-2-4-6-13(22)14(21)15(23)24/h1-2,7-10,13-14,22H,3-6,21H2,(H,23,24). The maximum absolute atomic E-state index is 12.0. The largest absolute Gasteiger partial charge is 0.575 e. The lowest BCUT2D eigenvalue weighted by Gasteiger charge is -2.13. The normalized spacial score (nSPS) is 14.2. The van der Waals surface area contributed by atoms with Crippen LogP contribution in [0.15, 0.2) is 36.4 Å². The first kappa shape index (κ1) is 21.7. The fourth-order valence-corrected chi connectivity index (χ4v) is 2.07. The van der Waals surface area contributed by atoms with Gasteiger partial charge in [0.15, 0.2) is 0 Å². The van der Waals surface area contributed by atoms with Gasteiger partial charge in [-0.05, 0) is 43.4 Å². The molecule has 0 aliphatic rings. The molecule has 0 spiro atoms. The SMILES string of the molecule is NC(C(=O)O)C(O)CCC=CCCc1ccc(C(=O)OC(F)(F)F)cc1. The molecular weight excluding hydrogens is 355 g/mol. The number of rotatable bonds is 9. The molecule has 1 aromatic rings. The number of aliphatic carboxylic acids is 1. The molecule has 6 nitrogen and oxygen atoms in total. The second-order valence-electron chi connectivity index (χ2n) is 5.55. The van der Waals surface area contributed by atoms with Crippen LogP contribution in [0.4, 0.5) is 13.2 Å². The van der Waals surface area contributed by atoms with Crippen LogP contribution in [0.5, 0.6) is 0 Å². The average molecular weight is 375 g/mol. The Balaban J connectivity index is 2.35. The molecule has 0 bridgehead atoms. The van der Waals surface area contributed by atoms with Crippen LogP contribution in [0.3, 0.4) is 0 Å². The van der Waals surface area contributed by atoms with Gasteiger partial charge in [-0.15, -0.1) is 13.2 Å². The summed E-state index contributed by atoms with van der Waals surface area (Å²) in [5.74, 6) is -2.72. The molecule has 0 saturated heterocycles. The van der Waals surface area contributed by atoms with Gasteiger partial charge in [0.05, 0.1) is 11.7 Å². The second kappa shape index (κ2) is 9.93. The lowest BCUT2D eigenvalue weighted by Crippen LogP contribution is -2.41. The Bertz CT molecular complexity index is 628. The minimum absolute atomic E-state index is 0.189.